The molecule has 5 aliphatic rings. The fourth-order valence-corrected chi connectivity index (χ4v) is 8.65. The van der Waals surface area contributed by atoms with Gasteiger partial charge in [-0.2, -0.15) is 0 Å². The molecule has 2 nitrogen and oxygen atoms in total. The van der Waals surface area contributed by atoms with Gasteiger partial charge in [0.15, 0.2) is 0 Å². The van der Waals surface area contributed by atoms with Crippen LogP contribution in [0.1, 0.15) is 74.9 Å². The highest BCUT2D eigenvalue weighted by atomic mass is 15.1. The largest absolute Gasteiger partial charge is 0.363 e. The van der Waals surface area contributed by atoms with Crippen LogP contribution in [0, 0.1) is 29.6 Å². The lowest BCUT2D eigenvalue weighted by atomic mass is 9.66. The van der Waals surface area contributed by atoms with E-state index in [2.05, 4.69) is 148 Å². The molecule has 0 radical (unpaired) electrons. The van der Waals surface area contributed by atoms with Gasteiger partial charge in [-0.3, -0.25) is 4.99 Å². The first-order valence-electron chi connectivity index (χ1n) is 17.8. The van der Waals surface area contributed by atoms with Gasteiger partial charge in [-0.05, 0) is 125 Å². The maximum Gasteiger partial charge on any atom is 0.145 e. The monoisotopic (exact) mass is 614 g/mol. The number of rotatable bonds is 5. The molecule has 6 unspecified atom stereocenters. The van der Waals surface area contributed by atoms with Gasteiger partial charge in [-0.15, -0.1) is 0 Å². The maximum atomic E-state index is 5.48. The fourth-order valence-electron chi connectivity index (χ4n) is 8.65. The zero-order valence-corrected chi connectivity index (χ0v) is 28.0. The Balaban J connectivity index is 1.28. The third kappa shape index (κ3) is 5.73. The van der Waals surface area contributed by atoms with E-state index in [-0.39, 0.29) is 6.17 Å². The Hall–Kier alpha value is -4.43. The summed E-state index contributed by atoms with van der Waals surface area (Å²) in [5.41, 5.74) is 12.2. The molecular weight excluding hydrogens is 569 g/mol. The van der Waals surface area contributed by atoms with E-state index in [0.717, 1.165) is 37.8 Å². The molecular formula is C45H46N2. The third-order valence-corrected chi connectivity index (χ3v) is 11.7. The predicted octanol–water partition coefficient (Wildman–Crippen LogP) is 11.1. The van der Waals surface area contributed by atoms with Crippen LogP contribution in [0.15, 0.2) is 137 Å². The standard InChI is InChI=1S/C45H46N2/c1-29-22-23-38(31(3)30(29)2)35-24-36(42-27-34-18-10-11-19-39(34)40-20-12-13-21-41(40)42)26-37(25-35)44-28-43(32-14-6-4-7-15-32)46-45(47-44)33-16-8-5-9-17-33/h4-11,13-14,16-19,21-22,24,26-28,30-32,35,38,45-46H,12,15,20,23,25H2,1-3H3. The molecule has 0 spiro atoms. The van der Waals surface area contributed by atoms with Crippen molar-refractivity contribution in [3.05, 3.63) is 154 Å². The summed E-state index contributed by atoms with van der Waals surface area (Å²) in [5, 5.41) is 6.58. The Morgan fingerprint density at radius 2 is 1.74 bits per heavy atom. The summed E-state index contributed by atoms with van der Waals surface area (Å²) in [6, 6.07) is 22.2. The van der Waals surface area contributed by atoms with E-state index in [1.54, 1.807) is 5.57 Å². The van der Waals surface area contributed by atoms with Gasteiger partial charge in [-0.1, -0.05) is 123 Å². The highest BCUT2D eigenvalue weighted by molar-refractivity contribution is 6.11. The van der Waals surface area contributed by atoms with Crippen LogP contribution in [-0.4, -0.2) is 5.71 Å². The molecule has 3 aromatic carbocycles. The zero-order valence-electron chi connectivity index (χ0n) is 28.0. The lowest BCUT2D eigenvalue weighted by Gasteiger charge is -2.39. The van der Waals surface area contributed by atoms with Crippen LogP contribution in [0.25, 0.3) is 22.4 Å². The first-order valence-corrected chi connectivity index (χ1v) is 17.8. The summed E-state index contributed by atoms with van der Waals surface area (Å²) in [6.07, 6.45) is 29.0. The van der Waals surface area contributed by atoms with Crippen LogP contribution in [0.4, 0.5) is 0 Å². The first-order chi connectivity index (χ1) is 23.0. The molecule has 47 heavy (non-hydrogen) atoms. The number of nitrogens with one attached hydrogen (secondary N) is 1. The highest BCUT2D eigenvalue weighted by Gasteiger charge is 2.35. The van der Waals surface area contributed by atoms with Crippen LogP contribution < -0.4 is 5.32 Å². The number of allylic oxidation sites excluding steroid dienone is 12. The zero-order chi connectivity index (χ0) is 31.9. The van der Waals surface area contributed by atoms with E-state index in [0.29, 0.717) is 29.6 Å². The summed E-state index contributed by atoms with van der Waals surface area (Å²) in [5.74, 6) is 2.61. The van der Waals surface area contributed by atoms with Crippen LogP contribution in [0.5, 0.6) is 0 Å². The van der Waals surface area contributed by atoms with Crippen molar-refractivity contribution >= 4 is 28.1 Å². The molecule has 0 saturated heterocycles. The SMILES string of the molecule is CC1=CCC(C2C=C(c3cc4ccccc4c4c3C=CCC4)C=C(C3=NC(c4ccccc4)NC(C4C=CC=CC4)=C3)C2)C(C)C1C. The number of fused-ring (bicyclic) bond motifs is 3. The minimum absolute atomic E-state index is 0.102. The van der Waals surface area contributed by atoms with Gasteiger partial charge in [0.1, 0.15) is 6.17 Å². The van der Waals surface area contributed by atoms with E-state index in [1.165, 1.54) is 49.9 Å². The second-order valence-corrected chi connectivity index (χ2v) is 14.4. The molecule has 3 aromatic rings. The molecule has 4 aliphatic carbocycles. The Kier molecular flexibility index (Phi) is 8.05. The van der Waals surface area contributed by atoms with Gasteiger partial charge in [0.25, 0.3) is 0 Å². The molecule has 1 aliphatic heterocycles. The number of nitrogens with zero attached hydrogens (tertiary/aromatic N) is 1. The van der Waals surface area contributed by atoms with Crippen molar-refractivity contribution in [2.24, 2.45) is 34.6 Å². The predicted molar refractivity (Wildman–Crippen MR) is 200 cm³/mol. The van der Waals surface area contributed by atoms with E-state index < -0.39 is 0 Å². The maximum absolute atomic E-state index is 5.48. The normalized spacial score (nSPS) is 28.4. The van der Waals surface area contributed by atoms with Crippen LogP contribution in [-0.2, 0) is 6.42 Å². The Bertz CT molecular complexity index is 1940. The first kappa shape index (κ1) is 29.9. The lowest BCUT2D eigenvalue weighted by Crippen LogP contribution is -2.32. The number of aliphatic imine (C=N–C) groups is 1. The second kappa shape index (κ2) is 12.6. The number of aryl methyl sites for hydroxylation is 1. The summed E-state index contributed by atoms with van der Waals surface area (Å²) in [6.45, 7) is 7.25. The molecule has 236 valence electrons. The molecule has 0 bridgehead atoms. The minimum atomic E-state index is -0.102. The summed E-state index contributed by atoms with van der Waals surface area (Å²) in [7, 11) is 0. The summed E-state index contributed by atoms with van der Waals surface area (Å²) in [4.78, 5) is 5.48. The fraction of sp³-hybridized carbons (Fsp3) is 0.311. The molecule has 1 heterocycles. The van der Waals surface area contributed by atoms with E-state index >= 15 is 0 Å². The Labute approximate surface area is 280 Å². The minimum Gasteiger partial charge on any atom is -0.363 e. The van der Waals surface area contributed by atoms with Gasteiger partial charge in [0.05, 0.1) is 5.71 Å². The van der Waals surface area contributed by atoms with E-state index in [9.17, 15) is 0 Å². The molecule has 2 heteroatoms. The van der Waals surface area contributed by atoms with Crippen LogP contribution >= 0.6 is 0 Å². The average Bonchev–Trinajstić information content (AvgIpc) is 3.14. The molecule has 0 aromatic heterocycles. The second-order valence-electron chi connectivity index (χ2n) is 14.4. The van der Waals surface area contributed by atoms with Crippen molar-refractivity contribution in [3.63, 3.8) is 0 Å². The number of hydrogen-bond acceptors (Lipinski definition) is 2. The molecule has 0 saturated carbocycles. The Morgan fingerprint density at radius 3 is 2.60 bits per heavy atom. The number of hydrogen-bond donors (Lipinski definition) is 1. The topological polar surface area (TPSA) is 24.4 Å². The van der Waals surface area contributed by atoms with Crippen molar-refractivity contribution in [1.82, 2.24) is 5.32 Å². The highest BCUT2D eigenvalue weighted by Crippen LogP contribution is 2.46. The van der Waals surface area contributed by atoms with Gasteiger partial charge >= 0.3 is 0 Å². The lowest BCUT2D eigenvalue weighted by molar-refractivity contribution is 0.215. The molecule has 6 atom stereocenters. The van der Waals surface area contributed by atoms with Gasteiger partial charge in [-0.25, -0.2) is 0 Å². The van der Waals surface area contributed by atoms with Crippen molar-refractivity contribution in [1.29, 1.82) is 0 Å². The van der Waals surface area contributed by atoms with Gasteiger partial charge in [0, 0.05) is 11.6 Å². The van der Waals surface area contributed by atoms with Gasteiger partial charge in [0.2, 0.25) is 0 Å². The molecule has 1 N–H and O–H groups in total. The smallest absolute Gasteiger partial charge is 0.145 e. The average molecular weight is 615 g/mol. The van der Waals surface area contributed by atoms with Crippen molar-refractivity contribution in [3.8, 4) is 0 Å². The Morgan fingerprint density at radius 1 is 0.894 bits per heavy atom. The van der Waals surface area contributed by atoms with Crippen molar-refractivity contribution < 1.29 is 0 Å². The molecule has 0 fully saturated rings. The summed E-state index contributed by atoms with van der Waals surface area (Å²) < 4.78 is 0. The van der Waals surface area contributed by atoms with Crippen molar-refractivity contribution in [2.45, 2.75) is 59.0 Å². The van der Waals surface area contributed by atoms with Crippen LogP contribution in [0.2, 0.25) is 0 Å². The van der Waals surface area contributed by atoms with Crippen LogP contribution in [0.3, 0.4) is 0 Å². The van der Waals surface area contributed by atoms with E-state index in [1.807, 2.05) is 0 Å². The number of benzene rings is 3. The quantitative estimate of drug-likeness (QED) is 0.284. The van der Waals surface area contributed by atoms with Gasteiger partial charge < -0.3 is 5.32 Å². The van der Waals surface area contributed by atoms with E-state index in [4.69, 9.17) is 4.99 Å². The molecule has 0 amide bonds. The molecule has 8 rings (SSSR count). The third-order valence-electron chi connectivity index (χ3n) is 11.7. The van der Waals surface area contributed by atoms with Crippen molar-refractivity contribution in [2.75, 3.05) is 0 Å². The summed E-state index contributed by atoms with van der Waals surface area (Å²) >= 11 is 0.